The molecule has 2 aromatic carbocycles. The van der Waals surface area contributed by atoms with Crippen molar-refractivity contribution in [2.24, 2.45) is 0 Å². The number of phenolic OH excluding ortho intramolecular Hbond substituents is 1. The highest BCUT2D eigenvalue weighted by Gasteiger charge is 2.31. The third kappa shape index (κ3) is 5.50. The summed E-state index contributed by atoms with van der Waals surface area (Å²) in [4.78, 5) is 16.0. The average Bonchev–Trinajstić information content (AvgIpc) is 3.18. The zero-order chi connectivity index (χ0) is 21.0. The van der Waals surface area contributed by atoms with Crippen LogP contribution in [0.3, 0.4) is 0 Å². The van der Waals surface area contributed by atoms with Crippen molar-refractivity contribution in [3.8, 4) is 5.75 Å². The van der Waals surface area contributed by atoms with Crippen molar-refractivity contribution in [1.29, 1.82) is 0 Å². The minimum atomic E-state index is -4.39. The molecule has 1 unspecified atom stereocenters. The molecule has 29 heavy (non-hydrogen) atoms. The number of hydrogen-bond donors (Lipinski definition) is 2. The van der Waals surface area contributed by atoms with Crippen molar-refractivity contribution in [2.75, 3.05) is 26.7 Å². The largest absolute Gasteiger partial charge is 0.508 e. The van der Waals surface area contributed by atoms with Gasteiger partial charge in [0.05, 0.1) is 25.1 Å². The molecule has 4 nitrogen and oxygen atoms in total. The predicted octanol–water partition coefficient (Wildman–Crippen LogP) is 2.83. The second-order valence-corrected chi connectivity index (χ2v) is 7.65. The van der Waals surface area contributed by atoms with Crippen molar-refractivity contribution in [3.63, 3.8) is 0 Å². The quantitative estimate of drug-likeness (QED) is 0.774. The number of halogens is 3. The molecule has 1 atom stereocenters. The number of benzene rings is 2. The number of carbonyl (C=O) groups is 1. The molecule has 0 bridgehead atoms. The number of likely N-dealkylation sites (N-methyl/N-ethyl adjacent to an activating group) is 1. The van der Waals surface area contributed by atoms with Gasteiger partial charge in [0.25, 0.3) is 0 Å². The smallest absolute Gasteiger partial charge is 0.416 e. The van der Waals surface area contributed by atoms with E-state index in [-0.39, 0.29) is 24.1 Å². The van der Waals surface area contributed by atoms with Gasteiger partial charge in [-0.2, -0.15) is 13.2 Å². The number of aromatic hydroxyl groups is 1. The Labute approximate surface area is 168 Å². The third-order valence-electron chi connectivity index (χ3n) is 5.55. The number of nitrogens with one attached hydrogen (secondary N) is 1. The lowest BCUT2D eigenvalue weighted by molar-refractivity contribution is -0.890. The van der Waals surface area contributed by atoms with Crippen LogP contribution in [0.5, 0.6) is 5.75 Å². The second-order valence-electron chi connectivity index (χ2n) is 7.65. The van der Waals surface area contributed by atoms with Crippen LogP contribution < -0.4 is 4.90 Å². The Bertz CT molecular complexity index is 831. The number of amides is 1. The highest BCUT2D eigenvalue weighted by molar-refractivity contribution is 5.79. The maximum atomic E-state index is 12.9. The Hall–Kier alpha value is -2.54. The average molecular weight is 407 g/mol. The minimum Gasteiger partial charge on any atom is -0.508 e. The molecule has 0 radical (unpaired) electrons. The maximum absolute atomic E-state index is 12.9. The number of alkyl halides is 3. The lowest BCUT2D eigenvalue weighted by atomic mass is 10.0. The lowest BCUT2D eigenvalue weighted by Crippen LogP contribution is -3.10. The molecule has 1 saturated heterocycles. The van der Waals surface area contributed by atoms with Crippen LogP contribution in [0.4, 0.5) is 13.2 Å². The van der Waals surface area contributed by atoms with E-state index in [1.807, 2.05) is 6.07 Å². The van der Waals surface area contributed by atoms with Gasteiger partial charge in [0.1, 0.15) is 18.3 Å². The molecule has 1 amide bonds. The summed E-state index contributed by atoms with van der Waals surface area (Å²) in [5, 5.41) is 9.87. The third-order valence-corrected chi connectivity index (χ3v) is 5.55. The summed E-state index contributed by atoms with van der Waals surface area (Å²) < 4.78 is 38.2. The number of carbonyl (C=O) groups excluding carboxylic acids is 1. The van der Waals surface area contributed by atoms with Gasteiger partial charge >= 0.3 is 6.18 Å². The first-order valence-corrected chi connectivity index (χ1v) is 9.78. The number of hydrogen-bond acceptors (Lipinski definition) is 2. The van der Waals surface area contributed by atoms with Gasteiger partial charge in [-0.1, -0.05) is 24.3 Å². The fourth-order valence-corrected chi connectivity index (χ4v) is 3.85. The number of likely N-dealkylation sites (tertiary alicyclic amines) is 1. The van der Waals surface area contributed by atoms with Gasteiger partial charge in [0, 0.05) is 19.9 Å². The van der Waals surface area contributed by atoms with Gasteiger partial charge in [0.15, 0.2) is 0 Å². The highest BCUT2D eigenvalue weighted by atomic mass is 19.4. The molecule has 3 rings (SSSR count). The number of phenols is 1. The van der Waals surface area contributed by atoms with Crippen molar-refractivity contribution in [1.82, 2.24) is 4.90 Å². The standard InChI is InChI=1S/C22H25F3N2O2/c1-26(21(29)13-16-7-9-18(10-8-16)22(23,24)25)20(15-27-11-2-3-12-27)17-5-4-6-19(28)14-17/h4-10,14,20,28H,2-3,11-13,15H2,1H3/p+1. The van der Waals surface area contributed by atoms with Crippen LogP contribution in [0.2, 0.25) is 0 Å². The Morgan fingerprint density at radius 3 is 2.38 bits per heavy atom. The summed E-state index contributed by atoms with van der Waals surface area (Å²) >= 11 is 0. The topological polar surface area (TPSA) is 45.0 Å². The molecule has 0 saturated carbocycles. The van der Waals surface area contributed by atoms with E-state index >= 15 is 0 Å². The Morgan fingerprint density at radius 2 is 1.79 bits per heavy atom. The molecule has 1 fully saturated rings. The molecule has 156 valence electrons. The van der Waals surface area contributed by atoms with E-state index in [9.17, 15) is 23.1 Å². The summed E-state index contributed by atoms with van der Waals surface area (Å²) in [6, 6.07) is 11.4. The molecule has 0 aliphatic carbocycles. The molecular weight excluding hydrogens is 381 g/mol. The van der Waals surface area contributed by atoms with Gasteiger partial charge in [0.2, 0.25) is 5.91 Å². The van der Waals surface area contributed by atoms with Crippen LogP contribution in [0.25, 0.3) is 0 Å². The van der Waals surface area contributed by atoms with Crippen molar-refractivity contribution < 1.29 is 28.0 Å². The number of quaternary nitrogens is 1. The predicted molar refractivity (Wildman–Crippen MR) is 104 cm³/mol. The van der Waals surface area contributed by atoms with Crippen LogP contribution in [0, 0.1) is 0 Å². The summed E-state index contributed by atoms with van der Waals surface area (Å²) in [6.45, 7) is 2.84. The molecule has 1 aliphatic heterocycles. The van der Waals surface area contributed by atoms with E-state index in [4.69, 9.17) is 0 Å². The molecule has 0 aromatic heterocycles. The van der Waals surface area contributed by atoms with E-state index < -0.39 is 11.7 Å². The van der Waals surface area contributed by atoms with Crippen LogP contribution in [-0.4, -0.2) is 42.6 Å². The first kappa shape index (κ1) is 21.2. The Morgan fingerprint density at radius 1 is 1.14 bits per heavy atom. The van der Waals surface area contributed by atoms with Gasteiger partial charge in [-0.25, -0.2) is 0 Å². The number of rotatable bonds is 6. The summed E-state index contributed by atoms with van der Waals surface area (Å²) in [5.74, 6) is -0.0239. The van der Waals surface area contributed by atoms with Gasteiger partial charge < -0.3 is 14.9 Å². The van der Waals surface area contributed by atoms with E-state index in [0.717, 1.165) is 50.2 Å². The minimum absolute atomic E-state index is 0.0271. The molecule has 2 aromatic rings. The van der Waals surface area contributed by atoms with E-state index in [1.54, 1.807) is 30.1 Å². The molecule has 0 spiro atoms. The molecule has 1 aliphatic rings. The maximum Gasteiger partial charge on any atom is 0.416 e. The van der Waals surface area contributed by atoms with Crippen molar-refractivity contribution in [3.05, 3.63) is 65.2 Å². The van der Waals surface area contributed by atoms with Crippen LogP contribution >= 0.6 is 0 Å². The Balaban J connectivity index is 1.75. The first-order chi connectivity index (χ1) is 13.7. The Kier molecular flexibility index (Phi) is 6.47. The summed E-state index contributed by atoms with van der Waals surface area (Å²) in [7, 11) is 1.72. The van der Waals surface area contributed by atoms with E-state index in [1.165, 1.54) is 17.0 Å². The summed E-state index contributed by atoms with van der Waals surface area (Å²) in [5.41, 5.74) is 0.669. The first-order valence-electron chi connectivity index (χ1n) is 9.78. The van der Waals surface area contributed by atoms with Crippen molar-refractivity contribution >= 4 is 5.91 Å². The zero-order valence-corrected chi connectivity index (χ0v) is 16.4. The molecule has 2 N–H and O–H groups in total. The lowest BCUT2D eigenvalue weighted by Gasteiger charge is -2.30. The second kappa shape index (κ2) is 8.86. The zero-order valence-electron chi connectivity index (χ0n) is 16.4. The fraction of sp³-hybridized carbons (Fsp3) is 0.409. The number of nitrogens with zero attached hydrogens (tertiary/aromatic N) is 1. The van der Waals surface area contributed by atoms with Crippen LogP contribution in [0.1, 0.15) is 35.6 Å². The van der Waals surface area contributed by atoms with E-state index in [2.05, 4.69) is 0 Å². The highest BCUT2D eigenvalue weighted by Crippen LogP contribution is 2.29. The fourth-order valence-electron chi connectivity index (χ4n) is 3.85. The van der Waals surface area contributed by atoms with Crippen molar-refractivity contribution in [2.45, 2.75) is 31.5 Å². The SMILES string of the molecule is CN(C(=O)Cc1ccc(C(F)(F)F)cc1)C(C[NH+]1CCCC1)c1cccc(O)c1. The van der Waals surface area contributed by atoms with E-state index in [0.29, 0.717) is 5.56 Å². The van der Waals surface area contributed by atoms with Crippen LogP contribution in [-0.2, 0) is 17.4 Å². The van der Waals surface area contributed by atoms with Gasteiger partial charge in [-0.3, -0.25) is 4.79 Å². The van der Waals surface area contributed by atoms with Gasteiger partial charge in [-0.05, 0) is 35.4 Å². The normalized spacial score (nSPS) is 16.0. The van der Waals surface area contributed by atoms with Gasteiger partial charge in [-0.15, -0.1) is 0 Å². The molecule has 1 heterocycles. The molecule has 7 heteroatoms. The van der Waals surface area contributed by atoms with Crippen LogP contribution in [0.15, 0.2) is 48.5 Å². The molecular formula is C22H26F3N2O2+. The summed E-state index contributed by atoms with van der Waals surface area (Å²) in [6.07, 6.45) is -2.05. The monoisotopic (exact) mass is 407 g/mol.